The van der Waals surface area contributed by atoms with Gasteiger partial charge in [0.1, 0.15) is 22.8 Å². The summed E-state index contributed by atoms with van der Waals surface area (Å²) in [5, 5.41) is 5.15. The summed E-state index contributed by atoms with van der Waals surface area (Å²) >= 11 is 0. The van der Waals surface area contributed by atoms with Crippen LogP contribution in [-0.2, 0) is 4.74 Å². The van der Waals surface area contributed by atoms with Crippen LogP contribution in [0.3, 0.4) is 0 Å². The van der Waals surface area contributed by atoms with Crippen LogP contribution in [0.2, 0.25) is 0 Å². The molecule has 0 fully saturated rings. The highest BCUT2D eigenvalue weighted by molar-refractivity contribution is 5.92. The molecule has 0 spiro atoms. The zero-order valence-electron chi connectivity index (χ0n) is 14.6. The fourth-order valence-corrected chi connectivity index (χ4v) is 1.89. The monoisotopic (exact) mass is 343 g/mol. The molecule has 2 rings (SSSR count). The molecule has 0 atom stereocenters. The summed E-state index contributed by atoms with van der Waals surface area (Å²) in [6.07, 6.45) is 0.976. The van der Waals surface area contributed by atoms with Crippen molar-refractivity contribution in [3.05, 3.63) is 48.3 Å². The molecule has 0 saturated carbocycles. The highest BCUT2D eigenvalue weighted by atomic mass is 16.6. The fourth-order valence-electron chi connectivity index (χ4n) is 1.89. The average Bonchev–Trinajstić information content (AvgIpc) is 2.54. The molecular weight excluding hydrogens is 322 g/mol. The van der Waals surface area contributed by atoms with Gasteiger partial charge in [0.2, 0.25) is 0 Å². The number of hydrogen-bond acceptors (Lipinski definition) is 5. The van der Waals surface area contributed by atoms with Gasteiger partial charge in [-0.05, 0) is 51.1 Å². The van der Waals surface area contributed by atoms with Crippen molar-refractivity contribution in [1.29, 1.82) is 0 Å². The molecule has 2 amide bonds. The molecule has 0 saturated heterocycles. The topological polar surface area (TPSA) is 89.6 Å². The van der Waals surface area contributed by atoms with Crippen molar-refractivity contribution in [2.75, 3.05) is 12.4 Å². The lowest BCUT2D eigenvalue weighted by molar-refractivity contribution is 0.0635. The van der Waals surface area contributed by atoms with E-state index in [0.29, 0.717) is 17.2 Å². The Hall–Kier alpha value is -3.09. The Morgan fingerprint density at radius 2 is 1.72 bits per heavy atom. The van der Waals surface area contributed by atoms with Gasteiger partial charge in [-0.3, -0.25) is 15.1 Å². The molecule has 0 aliphatic rings. The van der Waals surface area contributed by atoms with Gasteiger partial charge in [-0.2, -0.15) is 0 Å². The number of hydrogen-bond donors (Lipinski definition) is 2. The van der Waals surface area contributed by atoms with Crippen molar-refractivity contribution in [2.45, 2.75) is 26.4 Å². The number of nitrogens with zero attached hydrogens (tertiary/aromatic N) is 1. The maximum atomic E-state index is 11.7. The summed E-state index contributed by atoms with van der Waals surface area (Å²) in [6.45, 7) is 5.39. The number of aromatic nitrogens is 1. The van der Waals surface area contributed by atoms with E-state index in [9.17, 15) is 9.59 Å². The Balaban J connectivity index is 2.01. The number of pyridine rings is 1. The lowest BCUT2D eigenvalue weighted by atomic mass is 10.2. The van der Waals surface area contributed by atoms with Crippen LogP contribution in [0.15, 0.2) is 42.6 Å². The standard InChI is InChI=1S/C18H21N3O4/c1-18(2,3)25-17(23)21-12-5-7-13(8-6-12)24-14-9-10-20-15(11-14)16(22)19-4/h5-11H,1-4H3,(H,19,22)(H,21,23). The van der Waals surface area contributed by atoms with Crippen molar-refractivity contribution < 1.29 is 19.1 Å². The maximum Gasteiger partial charge on any atom is 0.412 e. The molecule has 1 aromatic heterocycles. The number of nitrogens with one attached hydrogen (secondary N) is 2. The molecule has 132 valence electrons. The molecule has 25 heavy (non-hydrogen) atoms. The largest absolute Gasteiger partial charge is 0.457 e. The second kappa shape index (κ2) is 7.65. The fraction of sp³-hybridized carbons (Fsp3) is 0.278. The third-order valence-corrected chi connectivity index (χ3v) is 2.93. The van der Waals surface area contributed by atoms with Crippen LogP contribution in [0.25, 0.3) is 0 Å². The molecule has 1 heterocycles. The van der Waals surface area contributed by atoms with E-state index in [0.717, 1.165) is 0 Å². The van der Waals surface area contributed by atoms with E-state index in [4.69, 9.17) is 9.47 Å². The predicted molar refractivity (Wildman–Crippen MR) is 94.0 cm³/mol. The lowest BCUT2D eigenvalue weighted by Crippen LogP contribution is -2.27. The van der Waals surface area contributed by atoms with E-state index < -0.39 is 11.7 Å². The van der Waals surface area contributed by atoms with Gasteiger partial charge in [0.05, 0.1) is 0 Å². The van der Waals surface area contributed by atoms with Gasteiger partial charge in [0, 0.05) is 25.0 Å². The SMILES string of the molecule is CNC(=O)c1cc(Oc2ccc(NC(=O)OC(C)(C)C)cc2)ccn1. The molecular formula is C18H21N3O4. The second-order valence-electron chi connectivity index (χ2n) is 6.21. The molecule has 1 aromatic carbocycles. The minimum absolute atomic E-state index is 0.267. The molecule has 0 aliphatic carbocycles. The van der Waals surface area contributed by atoms with Crippen LogP contribution < -0.4 is 15.4 Å². The third-order valence-electron chi connectivity index (χ3n) is 2.93. The van der Waals surface area contributed by atoms with Crippen LogP contribution in [0.5, 0.6) is 11.5 Å². The summed E-state index contributed by atoms with van der Waals surface area (Å²) in [5.41, 5.74) is 0.294. The normalized spacial score (nSPS) is 10.7. The molecule has 0 bridgehead atoms. The molecule has 7 nitrogen and oxygen atoms in total. The van der Waals surface area contributed by atoms with Gasteiger partial charge >= 0.3 is 6.09 Å². The van der Waals surface area contributed by atoms with Gasteiger partial charge in [-0.15, -0.1) is 0 Å². The van der Waals surface area contributed by atoms with E-state index in [-0.39, 0.29) is 11.6 Å². The Kier molecular flexibility index (Phi) is 5.59. The first-order valence-electron chi connectivity index (χ1n) is 7.73. The smallest absolute Gasteiger partial charge is 0.412 e. The Bertz CT molecular complexity index is 752. The van der Waals surface area contributed by atoms with Gasteiger partial charge in [-0.1, -0.05) is 0 Å². The summed E-state index contributed by atoms with van der Waals surface area (Å²) in [7, 11) is 1.54. The van der Waals surface area contributed by atoms with Crippen molar-refractivity contribution in [3.63, 3.8) is 0 Å². The van der Waals surface area contributed by atoms with Gasteiger partial charge in [0.25, 0.3) is 5.91 Å². The molecule has 0 aliphatic heterocycles. The van der Waals surface area contributed by atoms with Gasteiger partial charge in [-0.25, -0.2) is 4.79 Å². The number of carbonyl (C=O) groups is 2. The zero-order valence-corrected chi connectivity index (χ0v) is 14.6. The van der Waals surface area contributed by atoms with Crippen molar-refractivity contribution >= 4 is 17.7 Å². The van der Waals surface area contributed by atoms with Gasteiger partial charge in [0.15, 0.2) is 0 Å². The molecule has 7 heteroatoms. The van der Waals surface area contributed by atoms with Crippen LogP contribution >= 0.6 is 0 Å². The van der Waals surface area contributed by atoms with Crippen LogP contribution in [-0.4, -0.2) is 29.6 Å². The first kappa shape index (κ1) is 18.3. The first-order valence-corrected chi connectivity index (χ1v) is 7.73. The van der Waals surface area contributed by atoms with E-state index >= 15 is 0 Å². The summed E-state index contributed by atoms with van der Waals surface area (Å²) in [6, 6.07) is 9.99. The number of anilines is 1. The average molecular weight is 343 g/mol. The minimum Gasteiger partial charge on any atom is -0.457 e. The quantitative estimate of drug-likeness (QED) is 0.885. The third kappa shape index (κ3) is 5.80. The van der Waals surface area contributed by atoms with Crippen molar-refractivity contribution in [2.24, 2.45) is 0 Å². The zero-order chi connectivity index (χ0) is 18.4. The summed E-state index contributed by atoms with van der Waals surface area (Å²) in [4.78, 5) is 27.3. The lowest BCUT2D eigenvalue weighted by Gasteiger charge is -2.19. The molecule has 2 N–H and O–H groups in total. The number of carbonyl (C=O) groups excluding carboxylic acids is 2. The number of amides is 2. The predicted octanol–water partition coefficient (Wildman–Crippen LogP) is 3.58. The van der Waals surface area contributed by atoms with Crippen molar-refractivity contribution in [1.82, 2.24) is 10.3 Å². The molecule has 0 unspecified atom stereocenters. The van der Waals surface area contributed by atoms with E-state index in [2.05, 4.69) is 15.6 Å². The Morgan fingerprint density at radius 3 is 2.32 bits per heavy atom. The second-order valence-corrected chi connectivity index (χ2v) is 6.21. The van der Waals surface area contributed by atoms with Crippen LogP contribution in [0.1, 0.15) is 31.3 Å². The van der Waals surface area contributed by atoms with E-state index in [1.54, 1.807) is 57.2 Å². The maximum absolute atomic E-state index is 11.7. The summed E-state index contributed by atoms with van der Waals surface area (Å²) < 4.78 is 10.9. The van der Waals surface area contributed by atoms with E-state index in [1.165, 1.54) is 13.2 Å². The van der Waals surface area contributed by atoms with Crippen molar-refractivity contribution in [3.8, 4) is 11.5 Å². The molecule has 0 radical (unpaired) electrons. The van der Waals surface area contributed by atoms with Gasteiger partial charge < -0.3 is 14.8 Å². The molecule has 2 aromatic rings. The Labute approximate surface area is 146 Å². The highest BCUT2D eigenvalue weighted by Crippen LogP contribution is 2.23. The Morgan fingerprint density at radius 1 is 1.04 bits per heavy atom. The minimum atomic E-state index is -0.559. The number of ether oxygens (including phenoxy) is 2. The first-order chi connectivity index (χ1) is 11.8. The highest BCUT2D eigenvalue weighted by Gasteiger charge is 2.16. The summed E-state index contributed by atoms with van der Waals surface area (Å²) in [5.74, 6) is 0.757. The van der Waals surface area contributed by atoms with Crippen LogP contribution in [0, 0.1) is 0 Å². The number of rotatable bonds is 4. The van der Waals surface area contributed by atoms with E-state index in [1.807, 2.05) is 0 Å². The van der Waals surface area contributed by atoms with Crippen LogP contribution in [0.4, 0.5) is 10.5 Å². The number of benzene rings is 1.